The van der Waals surface area contributed by atoms with E-state index in [0.29, 0.717) is 5.15 Å². The largest absolute Gasteiger partial charge is 0.497 e. The van der Waals surface area contributed by atoms with E-state index >= 15 is 0 Å². The summed E-state index contributed by atoms with van der Waals surface area (Å²) in [5.74, 6) is 0.851. The van der Waals surface area contributed by atoms with Crippen LogP contribution in [-0.2, 0) is 0 Å². The Morgan fingerprint density at radius 2 is 1.60 bits per heavy atom. The predicted molar refractivity (Wildman–Crippen MR) is 105 cm³/mol. The van der Waals surface area contributed by atoms with Crippen LogP contribution in [0.15, 0.2) is 72.8 Å². The van der Waals surface area contributed by atoms with Gasteiger partial charge in [-0.25, -0.2) is 0 Å². The van der Waals surface area contributed by atoms with Crippen molar-refractivity contribution in [3.8, 4) is 28.1 Å². The van der Waals surface area contributed by atoms with Crippen LogP contribution in [0.4, 0.5) is 0 Å². The van der Waals surface area contributed by atoms with Crippen molar-refractivity contribution >= 4 is 17.1 Å². The highest BCUT2D eigenvalue weighted by Gasteiger charge is 2.15. The number of halogens is 1. The lowest BCUT2D eigenvalue weighted by Crippen LogP contribution is -1.91. The minimum absolute atomic E-state index is 0.704. The van der Waals surface area contributed by atoms with E-state index < -0.39 is 0 Å². The maximum atomic E-state index is 6.56. The highest BCUT2D eigenvalue weighted by molar-refractivity contribution is 6.30. The fourth-order valence-electron chi connectivity index (χ4n) is 3.27. The van der Waals surface area contributed by atoms with Crippen molar-refractivity contribution < 1.29 is 4.74 Å². The lowest BCUT2D eigenvalue weighted by molar-refractivity contribution is 0.415. The van der Waals surface area contributed by atoms with Gasteiger partial charge in [-0.3, -0.25) is 4.40 Å². The van der Waals surface area contributed by atoms with Crippen LogP contribution in [0.5, 0.6) is 5.75 Å². The number of fused-ring (bicyclic) bond motifs is 1. The summed E-state index contributed by atoms with van der Waals surface area (Å²) < 4.78 is 7.39. The Labute approximate surface area is 152 Å². The Hall–Kier alpha value is -2.71. The molecular weight excluding hydrogens is 330 g/mol. The second-order valence-electron chi connectivity index (χ2n) is 6.06. The number of nitrogens with zero attached hydrogens (tertiary/aromatic N) is 1. The van der Waals surface area contributed by atoms with Crippen LogP contribution in [0.3, 0.4) is 0 Å². The van der Waals surface area contributed by atoms with E-state index in [9.17, 15) is 0 Å². The van der Waals surface area contributed by atoms with Gasteiger partial charge in [0.15, 0.2) is 0 Å². The summed E-state index contributed by atoms with van der Waals surface area (Å²) in [6.07, 6.45) is 0. The third-order valence-corrected chi connectivity index (χ3v) is 4.86. The second-order valence-corrected chi connectivity index (χ2v) is 6.44. The summed E-state index contributed by atoms with van der Waals surface area (Å²) in [7, 11) is 1.68. The van der Waals surface area contributed by atoms with Crippen LogP contribution >= 0.6 is 11.6 Å². The molecule has 0 aliphatic heterocycles. The molecule has 0 saturated carbocycles. The summed E-state index contributed by atoms with van der Waals surface area (Å²) in [6, 6.07) is 24.7. The molecular formula is C22H18ClNO. The van der Waals surface area contributed by atoms with Gasteiger partial charge in [-0.15, -0.1) is 0 Å². The molecule has 2 aromatic carbocycles. The molecule has 0 unspecified atom stereocenters. The Balaban J connectivity index is 2.00. The van der Waals surface area contributed by atoms with Gasteiger partial charge in [-0.2, -0.15) is 0 Å². The summed E-state index contributed by atoms with van der Waals surface area (Å²) >= 11 is 6.56. The molecule has 3 heteroatoms. The van der Waals surface area contributed by atoms with Crippen molar-refractivity contribution in [3.05, 3.63) is 83.5 Å². The lowest BCUT2D eigenvalue weighted by Gasteiger charge is -2.08. The molecule has 2 heterocycles. The SMILES string of the molecule is COc1ccc(-c2cc(-c3ccccc3C)n3c(Cl)cccc23)cc1. The van der Waals surface area contributed by atoms with Crippen molar-refractivity contribution in [1.29, 1.82) is 0 Å². The van der Waals surface area contributed by atoms with E-state index in [2.05, 4.69) is 59.9 Å². The lowest BCUT2D eigenvalue weighted by atomic mass is 10.0. The standard InChI is InChI=1S/C22H18ClNO/c1-15-6-3-4-7-18(15)21-14-19(16-10-12-17(25-2)13-11-16)20-8-5-9-22(23)24(20)21/h3-14H,1-2H3. The Morgan fingerprint density at radius 3 is 2.32 bits per heavy atom. The molecule has 4 rings (SSSR count). The zero-order chi connectivity index (χ0) is 17.4. The third-order valence-electron chi connectivity index (χ3n) is 4.56. The van der Waals surface area contributed by atoms with Crippen LogP contribution in [0.2, 0.25) is 5.15 Å². The van der Waals surface area contributed by atoms with E-state index in [1.165, 1.54) is 11.1 Å². The number of aryl methyl sites for hydroxylation is 1. The van der Waals surface area contributed by atoms with E-state index in [-0.39, 0.29) is 0 Å². The first-order valence-electron chi connectivity index (χ1n) is 8.19. The molecule has 0 amide bonds. The molecule has 0 atom stereocenters. The van der Waals surface area contributed by atoms with Crippen molar-refractivity contribution in [2.75, 3.05) is 7.11 Å². The van der Waals surface area contributed by atoms with Gasteiger partial charge in [-0.05, 0) is 48.4 Å². The molecule has 0 fully saturated rings. The fraction of sp³-hybridized carbons (Fsp3) is 0.0909. The summed E-state index contributed by atoms with van der Waals surface area (Å²) in [6.45, 7) is 2.12. The highest BCUT2D eigenvalue weighted by atomic mass is 35.5. The zero-order valence-electron chi connectivity index (χ0n) is 14.2. The smallest absolute Gasteiger partial charge is 0.118 e. The quantitative estimate of drug-likeness (QED) is 0.400. The van der Waals surface area contributed by atoms with Gasteiger partial charge in [0.1, 0.15) is 10.9 Å². The average molecular weight is 348 g/mol. The molecule has 0 radical (unpaired) electrons. The summed E-state index contributed by atoms with van der Waals surface area (Å²) in [5, 5.41) is 0.704. The van der Waals surface area contributed by atoms with E-state index in [1.807, 2.05) is 24.3 Å². The monoisotopic (exact) mass is 347 g/mol. The molecule has 124 valence electrons. The second kappa shape index (κ2) is 6.30. The van der Waals surface area contributed by atoms with E-state index in [4.69, 9.17) is 16.3 Å². The Morgan fingerprint density at radius 1 is 0.840 bits per heavy atom. The first-order chi connectivity index (χ1) is 12.2. The molecule has 2 aromatic heterocycles. The van der Waals surface area contributed by atoms with Gasteiger partial charge in [0.2, 0.25) is 0 Å². The summed E-state index contributed by atoms with van der Waals surface area (Å²) in [4.78, 5) is 0. The molecule has 0 aliphatic carbocycles. The fourth-order valence-corrected chi connectivity index (χ4v) is 3.53. The topological polar surface area (TPSA) is 13.6 Å². The van der Waals surface area contributed by atoms with Crippen molar-refractivity contribution in [2.24, 2.45) is 0 Å². The van der Waals surface area contributed by atoms with E-state index in [0.717, 1.165) is 28.1 Å². The summed E-state index contributed by atoms with van der Waals surface area (Å²) in [5.41, 5.74) is 6.90. The molecule has 25 heavy (non-hydrogen) atoms. The van der Waals surface area contributed by atoms with Gasteiger partial charge < -0.3 is 4.74 Å². The van der Waals surface area contributed by atoms with Crippen molar-refractivity contribution in [3.63, 3.8) is 0 Å². The van der Waals surface area contributed by atoms with Crippen LogP contribution in [0.25, 0.3) is 27.9 Å². The highest BCUT2D eigenvalue weighted by Crippen LogP contribution is 2.36. The molecule has 0 N–H and O–H groups in total. The van der Waals surface area contributed by atoms with Gasteiger partial charge in [0.25, 0.3) is 0 Å². The Kier molecular flexibility index (Phi) is 3.98. The molecule has 0 aliphatic rings. The number of hydrogen-bond donors (Lipinski definition) is 0. The average Bonchev–Trinajstić information content (AvgIpc) is 3.03. The van der Waals surface area contributed by atoms with Crippen LogP contribution in [0, 0.1) is 6.92 Å². The minimum atomic E-state index is 0.704. The van der Waals surface area contributed by atoms with Gasteiger partial charge in [-0.1, -0.05) is 54.1 Å². The number of hydrogen-bond acceptors (Lipinski definition) is 1. The van der Waals surface area contributed by atoms with Crippen molar-refractivity contribution in [1.82, 2.24) is 4.40 Å². The van der Waals surface area contributed by atoms with Crippen LogP contribution in [0.1, 0.15) is 5.56 Å². The minimum Gasteiger partial charge on any atom is -0.497 e. The van der Waals surface area contributed by atoms with Gasteiger partial charge in [0.05, 0.1) is 18.3 Å². The Bertz CT molecular complexity index is 1050. The maximum Gasteiger partial charge on any atom is 0.118 e. The number of aromatic nitrogens is 1. The number of methoxy groups -OCH3 is 1. The normalized spacial score (nSPS) is 11.0. The molecule has 2 nitrogen and oxygen atoms in total. The molecule has 0 saturated heterocycles. The van der Waals surface area contributed by atoms with Crippen LogP contribution in [-0.4, -0.2) is 11.5 Å². The van der Waals surface area contributed by atoms with Crippen LogP contribution < -0.4 is 4.74 Å². The first kappa shape index (κ1) is 15.8. The zero-order valence-corrected chi connectivity index (χ0v) is 14.9. The van der Waals surface area contributed by atoms with E-state index in [1.54, 1.807) is 7.11 Å². The maximum absolute atomic E-state index is 6.56. The predicted octanol–water partition coefficient (Wildman–Crippen LogP) is 6.24. The first-order valence-corrected chi connectivity index (χ1v) is 8.57. The molecule has 0 spiro atoms. The van der Waals surface area contributed by atoms with Gasteiger partial charge >= 0.3 is 0 Å². The molecule has 0 bridgehead atoms. The molecule has 4 aromatic rings. The number of pyridine rings is 1. The number of benzene rings is 2. The number of ether oxygens (including phenoxy) is 1. The number of rotatable bonds is 3. The third kappa shape index (κ3) is 2.69. The van der Waals surface area contributed by atoms with Gasteiger partial charge in [0, 0.05) is 11.1 Å². The van der Waals surface area contributed by atoms with Crippen molar-refractivity contribution in [2.45, 2.75) is 6.92 Å².